The van der Waals surface area contributed by atoms with Crippen LogP contribution in [0.4, 0.5) is 0 Å². The monoisotopic (exact) mass is 300 g/mol. The topological polar surface area (TPSA) is 108 Å². The van der Waals surface area contributed by atoms with Crippen molar-refractivity contribution >= 4 is 22.1 Å². The van der Waals surface area contributed by atoms with E-state index in [4.69, 9.17) is 5.11 Å². The molecule has 2 N–H and O–H groups in total. The van der Waals surface area contributed by atoms with Gasteiger partial charge in [0.15, 0.2) is 0 Å². The van der Waals surface area contributed by atoms with E-state index in [1.165, 1.54) is 38.5 Å². The van der Waals surface area contributed by atoms with Gasteiger partial charge in [-0.05, 0) is 24.6 Å². The summed E-state index contributed by atoms with van der Waals surface area (Å²) in [6.45, 7) is 1.44. The number of pyridine rings is 1. The number of aliphatic hydroxyl groups excluding tert-OH is 1. The molecule has 8 heteroatoms. The third-order valence-electron chi connectivity index (χ3n) is 2.38. The lowest BCUT2D eigenvalue weighted by Crippen LogP contribution is -2.33. The molecule has 0 bridgehead atoms. The van der Waals surface area contributed by atoms with Crippen molar-refractivity contribution in [3.05, 3.63) is 30.1 Å². The van der Waals surface area contributed by atoms with Crippen LogP contribution in [0.2, 0.25) is 0 Å². The quantitative estimate of drug-likeness (QED) is 0.726. The summed E-state index contributed by atoms with van der Waals surface area (Å²) >= 11 is 0. The highest BCUT2D eigenvalue weighted by Crippen LogP contribution is 2.15. The van der Waals surface area contributed by atoms with Gasteiger partial charge in [0, 0.05) is 32.1 Å². The van der Waals surface area contributed by atoms with Crippen LogP contribution in [0, 0.1) is 0 Å². The minimum atomic E-state index is -3.77. The highest BCUT2D eigenvalue weighted by Gasteiger charge is 2.22. The first-order valence-electron chi connectivity index (χ1n) is 5.74. The molecule has 0 aliphatic rings. The fraction of sp³-hybridized carbons (Fsp3) is 0.333. The minimum absolute atomic E-state index is 0.0441. The summed E-state index contributed by atoms with van der Waals surface area (Å²) in [6, 6.07) is 1.32. The normalized spacial score (nSPS) is 13.8. The Morgan fingerprint density at radius 1 is 1.50 bits per heavy atom. The number of carboxylic acid groups (broad SMARTS) is 1. The average molecular weight is 300 g/mol. The first-order chi connectivity index (χ1) is 9.23. The van der Waals surface area contributed by atoms with Crippen molar-refractivity contribution in [2.45, 2.75) is 17.9 Å². The van der Waals surface area contributed by atoms with Gasteiger partial charge in [0.1, 0.15) is 4.90 Å². The Balaban J connectivity index is 3.07. The smallest absolute Gasteiger partial charge is 0.328 e. The van der Waals surface area contributed by atoms with Crippen molar-refractivity contribution in [1.82, 2.24) is 9.29 Å². The van der Waals surface area contributed by atoms with E-state index in [1.807, 2.05) is 0 Å². The molecule has 1 aromatic heterocycles. The summed E-state index contributed by atoms with van der Waals surface area (Å²) in [6.07, 6.45) is 3.88. The number of sulfonamides is 1. The second-order valence-electron chi connectivity index (χ2n) is 4.26. The van der Waals surface area contributed by atoms with Gasteiger partial charge >= 0.3 is 5.97 Å². The number of aromatic nitrogens is 1. The van der Waals surface area contributed by atoms with Crippen LogP contribution in [0.15, 0.2) is 29.4 Å². The SMILES string of the molecule is CC(O)CN(C)S(=O)(=O)c1cncc(C=CC(=O)O)c1. The molecule has 0 spiro atoms. The lowest BCUT2D eigenvalue weighted by molar-refractivity contribution is -0.131. The molecule has 7 nitrogen and oxygen atoms in total. The van der Waals surface area contributed by atoms with Crippen molar-refractivity contribution in [1.29, 1.82) is 0 Å². The molecule has 0 saturated carbocycles. The standard InChI is InChI=1S/C12H16N2O5S/c1-9(15)8-14(2)20(18,19)11-5-10(6-13-7-11)3-4-12(16)17/h3-7,9,15H,8H2,1-2H3,(H,16,17). The van der Waals surface area contributed by atoms with E-state index < -0.39 is 22.1 Å². The third kappa shape index (κ3) is 4.41. The first kappa shape index (κ1) is 16.3. The predicted octanol–water partition coefficient (Wildman–Crippen LogP) is 0.181. The highest BCUT2D eigenvalue weighted by atomic mass is 32.2. The van der Waals surface area contributed by atoms with Crippen LogP contribution in [0.1, 0.15) is 12.5 Å². The number of likely N-dealkylation sites (N-methyl/N-ethyl adjacent to an activating group) is 1. The van der Waals surface area contributed by atoms with Crippen molar-refractivity contribution in [2.24, 2.45) is 0 Å². The fourth-order valence-electron chi connectivity index (χ4n) is 1.49. The van der Waals surface area contributed by atoms with Crippen LogP contribution in [0.25, 0.3) is 6.08 Å². The largest absolute Gasteiger partial charge is 0.478 e. The lowest BCUT2D eigenvalue weighted by atomic mass is 10.2. The van der Waals surface area contributed by atoms with Crippen LogP contribution in [-0.4, -0.2) is 53.6 Å². The predicted molar refractivity (Wildman–Crippen MR) is 72.4 cm³/mol. The summed E-state index contributed by atoms with van der Waals surface area (Å²) in [7, 11) is -2.42. The molecule has 1 rings (SSSR count). The van der Waals surface area contributed by atoms with Crippen molar-refractivity contribution in [3.8, 4) is 0 Å². The molecule has 0 aromatic carbocycles. The van der Waals surface area contributed by atoms with E-state index in [1.54, 1.807) is 0 Å². The summed E-state index contributed by atoms with van der Waals surface area (Å²) in [4.78, 5) is 14.1. The third-order valence-corrected chi connectivity index (χ3v) is 4.17. The van der Waals surface area contributed by atoms with Crippen LogP contribution in [0.3, 0.4) is 0 Å². The zero-order valence-electron chi connectivity index (χ0n) is 11.1. The van der Waals surface area contributed by atoms with Gasteiger partial charge in [-0.15, -0.1) is 0 Å². The Hall–Kier alpha value is -1.77. The summed E-state index contributed by atoms with van der Waals surface area (Å²) in [5.74, 6) is -1.13. The van der Waals surface area contributed by atoms with Gasteiger partial charge < -0.3 is 10.2 Å². The van der Waals surface area contributed by atoms with Crippen LogP contribution < -0.4 is 0 Å². The van der Waals surface area contributed by atoms with Crippen molar-refractivity contribution in [3.63, 3.8) is 0 Å². The second-order valence-corrected chi connectivity index (χ2v) is 6.30. The Kier molecular flexibility index (Phi) is 5.37. The molecule has 20 heavy (non-hydrogen) atoms. The minimum Gasteiger partial charge on any atom is -0.478 e. The van der Waals surface area contributed by atoms with Crippen molar-refractivity contribution < 1.29 is 23.4 Å². The molecule has 0 saturated heterocycles. The van der Waals surface area contributed by atoms with Gasteiger partial charge in [0.2, 0.25) is 10.0 Å². The number of aliphatic carboxylic acids is 1. The molecule has 110 valence electrons. The van der Waals surface area contributed by atoms with E-state index in [0.717, 1.165) is 10.4 Å². The number of hydrogen-bond acceptors (Lipinski definition) is 5. The van der Waals surface area contributed by atoms with Gasteiger partial charge in [-0.3, -0.25) is 4.98 Å². The molecule has 1 unspecified atom stereocenters. The number of hydrogen-bond donors (Lipinski definition) is 2. The number of carboxylic acids is 1. The molecule has 0 aliphatic carbocycles. The van der Waals surface area contributed by atoms with Gasteiger partial charge in [-0.25, -0.2) is 13.2 Å². The van der Waals surface area contributed by atoms with E-state index in [-0.39, 0.29) is 11.4 Å². The number of aliphatic hydroxyl groups is 1. The van der Waals surface area contributed by atoms with Crippen LogP contribution in [-0.2, 0) is 14.8 Å². The summed E-state index contributed by atoms with van der Waals surface area (Å²) in [5, 5.41) is 17.8. The highest BCUT2D eigenvalue weighted by molar-refractivity contribution is 7.89. The Labute approximate surface area is 117 Å². The molecule has 0 amide bonds. The first-order valence-corrected chi connectivity index (χ1v) is 7.18. The molecule has 0 radical (unpaired) electrons. The molecule has 1 aromatic rings. The average Bonchev–Trinajstić information content (AvgIpc) is 2.35. The summed E-state index contributed by atoms with van der Waals surface area (Å²) < 4.78 is 25.4. The Morgan fingerprint density at radius 2 is 2.15 bits per heavy atom. The number of carbonyl (C=O) groups is 1. The molecular weight excluding hydrogens is 284 g/mol. The molecule has 0 fully saturated rings. The van der Waals surface area contributed by atoms with Gasteiger partial charge in [0.05, 0.1) is 6.10 Å². The van der Waals surface area contributed by atoms with Crippen LogP contribution in [0.5, 0.6) is 0 Å². The fourth-order valence-corrected chi connectivity index (χ4v) is 2.74. The van der Waals surface area contributed by atoms with E-state index in [0.29, 0.717) is 5.56 Å². The van der Waals surface area contributed by atoms with Gasteiger partial charge in [-0.2, -0.15) is 4.31 Å². The second kappa shape index (κ2) is 6.60. The van der Waals surface area contributed by atoms with E-state index in [2.05, 4.69) is 4.98 Å². The van der Waals surface area contributed by atoms with E-state index >= 15 is 0 Å². The molecular formula is C12H16N2O5S. The molecule has 0 aliphatic heterocycles. The maximum absolute atomic E-state index is 12.2. The maximum atomic E-state index is 12.2. The maximum Gasteiger partial charge on any atom is 0.328 e. The Morgan fingerprint density at radius 3 is 2.70 bits per heavy atom. The molecule has 1 atom stereocenters. The Bertz CT molecular complexity index is 610. The van der Waals surface area contributed by atoms with Crippen molar-refractivity contribution in [2.75, 3.05) is 13.6 Å². The molecule has 1 heterocycles. The zero-order chi connectivity index (χ0) is 15.3. The number of nitrogens with zero attached hydrogens (tertiary/aromatic N) is 2. The summed E-state index contributed by atoms with van der Waals surface area (Å²) in [5.41, 5.74) is 0.360. The van der Waals surface area contributed by atoms with Gasteiger partial charge in [-0.1, -0.05) is 0 Å². The van der Waals surface area contributed by atoms with E-state index in [9.17, 15) is 18.3 Å². The van der Waals surface area contributed by atoms with Crippen LogP contribution >= 0.6 is 0 Å². The number of rotatable bonds is 6. The van der Waals surface area contributed by atoms with Gasteiger partial charge in [0.25, 0.3) is 0 Å². The zero-order valence-corrected chi connectivity index (χ0v) is 11.9. The lowest BCUT2D eigenvalue weighted by Gasteiger charge is -2.18.